The molecule has 5 nitrogen and oxygen atoms in total. The van der Waals surface area contributed by atoms with Crippen molar-refractivity contribution in [3.05, 3.63) is 112 Å². The minimum absolute atomic E-state index is 0.105. The van der Waals surface area contributed by atoms with Gasteiger partial charge in [-0.05, 0) is 66.3 Å². The maximum atomic E-state index is 12.7. The third-order valence-electron chi connectivity index (χ3n) is 5.42. The van der Waals surface area contributed by atoms with Gasteiger partial charge in [0.1, 0.15) is 17.4 Å². The fourth-order valence-electron chi connectivity index (χ4n) is 3.57. The summed E-state index contributed by atoms with van der Waals surface area (Å²) in [5, 5.41) is 7.38. The molecule has 0 aliphatic carbocycles. The number of aromatic nitrogens is 1. The number of thiocarbonyl (C=S) groups is 1. The number of rotatable bonds is 6. The van der Waals surface area contributed by atoms with Crippen molar-refractivity contribution in [3.63, 3.8) is 0 Å². The van der Waals surface area contributed by atoms with Gasteiger partial charge in [-0.15, -0.1) is 11.3 Å². The third-order valence-corrected chi connectivity index (χ3v) is 7.32. The van der Waals surface area contributed by atoms with Crippen molar-refractivity contribution in [2.24, 2.45) is 0 Å². The van der Waals surface area contributed by atoms with Gasteiger partial charge in [-0.2, -0.15) is 0 Å². The zero-order valence-corrected chi connectivity index (χ0v) is 22.3. The maximum Gasteiger partial charge on any atom is 0.257 e. The third kappa shape index (κ3) is 6.09. The van der Waals surface area contributed by atoms with Gasteiger partial charge in [0.25, 0.3) is 5.91 Å². The second-order valence-electron chi connectivity index (χ2n) is 8.01. The molecule has 4 aromatic carbocycles. The van der Waals surface area contributed by atoms with Crippen molar-refractivity contribution in [3.8, 4) is 16.3 Å². The van der Waals surface area contributed by atoms with Gasteiger partial charge in [0.15, 0.2) is 5.11 Å². The number of nitrogens with one attached hydrogen (secondary N) is 2. The average molecular weight is 565 g/mol. The van der Waals surface area contributed by atoms with Crippen molar-refractivity contribution in [2.45, 2.75) is 6.61 Å². The predicted octanol–water partition coefficient (Wildman–Crippen LogP) is 7.98. The van der Waals surface area contributed by atoms with Crippen LogP contribution in [0.5, 0.6) is 5.75 Å². The molecular weight excluding hydrogens is 545 g/mol. The van der Waals surface area contributed by atoms with Gasteiger partial charge in [-0.3, -0.25) is 10.1 Å². The van der Waals surface area contributed by atoms with Gasteiger partial charge in [-0.25, -0.2) is 4.98 Å². The minimum Gasteiger partial charge on any atom is -0.489 e. The van der Waals surface area contributed by atoms with Gasteiger partial charge in [-0.1, -0.05) is 65.7 Å². The first-order valence-electron chi connectivity index (χ1n) is 11.2. The molecule has 0 atom stereocenters. The SMILES string of the molecule is O=C(NC(=S)Nc1cc(-c2nc3ccccc3s2)c(Cl)cc1Cl)c1ccc(OCc2ccccc2)cc1. The van der Waals surface area contributed by atoms with Crippen molar-refractivity contribution in [2.75, 3.05) is 5.32 Å². The molecule has 0 bridgehead atoms. The number of thiazole rings is 1. The van der Waals surface area contributed by atoms with E-state index in [-0.39, 0.29) is 11.0 Å². The highest BCUT2D eigenvalue weighted by molar-refractivity contribution is 7.80. The van der Waals surface area contributed by atoms with E-state index in [1.54, 1.807) is 36.4 Å². The summed E-state index contributed by atoms with van der Waals surface area (Å²) in [6.45, 7) is 0.446. The van der Waals surface area contributed by atoms with E-state index >= 15 is 0 Å². The van der Waals surface area contributed by atoms with Gasteiger partial charge in [0.2, 0.25) is 0 Å². The molecule has 0 saturated heterocycles. The lowest BCUT2D eigenvalue weighted by Gasteiger charge is -2.13. The molecule has 0 aliphatic heterocycles. The van der Waals surface area contributed by atoms with Crippen LogP contribution in [0.25, 0.3) is 20.8 Å². The Hall–Kier alpha value is -3.49. The second kappa shape index (κ2) is 11.3. The quantitative estimate of drug-likeness (QED) is 0.205. The highest BCUT2D eigenvalue weighted by atomic mass is 35.5. The fourth-order valence-corrected chi connectivity index (χ4v) is 5.34. The number of fused-ring (bicyclic) bond motifs is 1. The molecule has 37 heavy (non-hydrogen) atoms. The molecule has 1 amide bonds. The molecule has 5 aromatic rings. The molecule has 9 heteroatoms. The minimum atomic E-state index is -0.358. The molecule has 0 unspecified atom stereocenters. The van der Waals surface area contributed by atoms with Crippen LogP contribution >= 0.6 is 46.8 Å². The monoisotopic (exact) mass is 563 g/mol. The van der Waals surface area contributed by atoms with E-state index in [0.717, 1.165) is 26.4 Å². The normalized spacial score (nSPS) is 10.8. The first-order chi connectivity index (χ1) is 18.0. The predicted molar refractivity (Wildman–Crippen MR) is 156 cm³/mol. The summed E-state index contributed by atoms with van der Waals surface area (Å²) < 4.78 is 6.83. The van der Waals surface area contributed by atoms with Gasteiger partial charge < -0.3 is 10.1 Å². The Balaban J connectivity index is 1.24. The number of benzene rings is 4. The second-order valence-corrected chi connectivity index (χ2v) is 10.3. The Morgan fingerprint density at radius 1 is 0.919 bits per heavy atom. The Morgan fingerprint density at radius 3 is 2.41 bits per heavy atom. The topological polar surface area (TPSA) is 63.2 Å². The summed E-state index contributed by atoms with van der Waals surface area (Å²) in [6, 6.07) is 28.0. The molecule has 5 rings (SSSR count). The van der Waals surface area contributed by atoms with Crippen LogP contribution < -0.4 is 15.4 Å². The van der Waals surface area contributed by atoms with Crippen molar-refractivity contribution >= 4 is 73.7 Å². The summed E-state index contributed by atoms with van der Waals surface area (Å²) in [6.07, 6.45) is 0. The van der Waals surface area contributed by atoms with E-state index in [9.17, 15) is 4.79 Å². The number of carbonyl (C=O) groups is 1. The zero-order chi connectivity index (χ0) is 25.8. The first kappa shape index (κ1) is 25.2. The van der Waals surface area contributed by atoms with Crippen LogP contribution in [0.15, 0.2) is 91.0 Å². The van der Waals surface area contributed by atoms with Crippen molar-refractivity contribution in [1.82, 2.24) is 10.3 Å². The van der Waals surface area contributed by atoms with Crippen LogP contribution in [-0.4, -0.2) is 16.0 Å². The number of halogens is 2. The van der Waals surface area contributed by atoms with E-state index in [0.29, 0.717) is 33.7 Å². The number of nitrogens with zero attached hydrogens (tertiary/aromatic N) is 1. The Labute approximate surface area is 233 Å². The molecule has 1 heterocycles. The molecule has 184 valence electrons. The van der Waals surface area contributed by atoms with E-state index in [2.05, 4.69) is 15.6 Å². The van der Waals surface area contributed by atoms with Gasteiger partial charge >= 0.3 is 0 Å². The fraction of sp³-hybridized carbons (Fsp3) is 0.0357. The molecule has 0 spiro atoms. The molecule has 0 saturated carbocycles. The number of carbonyl (C=O) groups excluding carboxylic acids is 1. The number of ether oxygens (including phenoxy) is 1. The van der Waals surface area contributed by atoms with Crippen LogP contribution in [0.1, 0.15) is 15.9 Å². The van der Waals surface area contributed by atoms with Crippen LogP contribution in [0, 0.1) is 0 Å². The Morgan fingerprint density at radius 2 is 1.65 bits per heavy atom. The molecule has 1 aromatic heterocycles. The number of hydrogen-bond acceptors (Lipinski definition) is 5. The van der Waals surface area contributed by atoms with E-state index in [1.165, 1.54) is 11.3 Å². The van der Waals surface area contributed by atoms with E-state index in [4.69, 9.17) is 40.2 Å². The lowest BCUT2D eigenvalue weighted by molar-refractivity contribution is 0.0977. The lowest BCUT2D eigenvalue weighted by atomic mass is 10.2. The van der Waals surface area contributed by atoms with Crippen LogP contribution in [0.4, 0.5) is 5.69 Å². The smallest absolute Gasteiger partial charge is 0.257 e. The maximum absolute atomic E-state index is 12.7. The molecule has 0 radical (unpaired) electrons. The summed E-state index contributed by atoms with van der Waals surface area (Å²) >= 11 is 19.8. The average Bonchev–Trinajstić information content (AvgIpc) is 3.34. The van der Waals surface area contributed by atoms with Crippen LogP contribution in [0.3, 0.4) is 0 Å². The number of anilines is 1. The van der Waals surface area contributed by atoms with Crippen LogP contribution in [-0.2, 0) is 6.61 Å². The Kier molecular flexibility index (Phi) is 7.67. The summed E-state index contributed by atoms with van der Waals surface area (Å²) in [7, 11) is 0. The number of amides is 1. The Bertz CT molecular complexity index is 1560. The molecular formula is C28H19Cl2N3O2S2. The van der Waals surface area contributed by atoms with Gasteiger partial charge in [0.05, 0.1) is 25.9 Å². The first-order valence-corrected chi connectivity index (χ1v) is 13.2. The highest BCUT2D eigenvalue weighted by Gasteiger charge is 2.15. The van der Waals surface area contributed by atoms with Crippen LogP contribution in [0.2, 0.25) is 10.0 Å². The summed E-state index contributed by atoms with van der Waals surface area (Å²) in [4.78, 5) is 17.4. The van der Waals surface area contributed by atoms with Gasteiger partial charge in [0, 0.05) is 11.1 Å². The molecule has 2 N–H and O–H groups in total. The lowest BCUT2D eigenvalue weighted by Crippen LogP contribution is -2.34. The van der Waals surface area contributed by atoms with Crippen molar-refractivity contribution < 1.29 is 9.53 Å². The van der Waals surface area contributed by atoms with E-state index < -0.39 is 0 Å². The highest BCUT2D eigenvalue weighted by Crippen LogP contribution is 2.38. The standard InChI is InChI=1S/C28H19Cl2N3O2S2/c29-21-15-22(30)24(14-20(21)27-31-23-8-4-5-9-25(23)37-27)32-28(36)33-26(34)18-10-12-19(13-11-18)35-16-17-6-2-1-3-7-17/h1-15H,16H2,(H2,32,33,34,36). The number of para-hydroxylation sites is 1. The zero-order valence-electron chi connectivity index (χ0n) is 19.2. The summed E-state index contributed by atoms with van der Waals surface area (Å²) in [5.41, 5.74) is 3.62. The summed E-state index contributed by atoms with van der Waals surface area (Å²) in [5.74, 6) is 0.306. The largest absolute Gasteiger partial charge is 0.489 e. The van der Waals surface area contributed by atoms with Crippen molar-refractivity contribution in [1.29, 1.82) is 0 Å². The molecule has 0 aliphatic rings. The molecule has 0 fully saturated rings. The van der Waals surface area contributed by atoms with E-state index in [1.807, 2.05) is 54.6 Å². The number of hydrogen-bond donors (Lipinski definition) is 2.